The molecular formula is C8H14BrN3O. The molecule has 13 heavy (non-hydrogen) atoms. The smallest absolute Gasteiger partial charge is 0.0658 e. The summed E-state index contributed by atoms with van der Waals surface area (Å²) >= 11 is 3.43. The van der Waals surface area contributed by atoms with Crippen molar-refractivity contribution < 1.29 is 4.74 Å². The van der Waals surface area contributed by atoms with Gasteiger partial charge in [0.05, 0.1) is 29.5 Å². The van der Waals surface area contributed by atoms with E-state index < -0.39 is 0 Å². The molecule has 1 aromatic heterocycles. The third-order valence-corrected chi connectivity index (χ3v) is 2.45. The molecule has 0 fully saturated rings. The Hall–Kier alpha value is -0.390. The minimum absolute atomic E-state index is 0.636. The summed E-state index contributed by atoms with van der Waals surface area (Å²) < 4.78 is 7.92. The minimum Gasteiger partial charge on any atom is -0.383 e. The van der Waals surface area contributed by atoms with E-state index >= 15 is 0 Å². The van der Waals surface area contributed by atoms with E-state index in [0.717, 1.165) is 23.1 Å². The summed E-state index contributed by atoms with van der Waals surface area (Å²) in [7, 11) is 1.68. The number of hydrogen-bond donors (Lipinski definition) is 1. The Morgan fingerprint density at radius 3 is 3.08 bits per heavy atom. The van der Waals surface area contributed by atoms with Crippen molar-refractivity contribution in [3.63, 3.8) is 0 Å². The van der Waals surface area contributed by atoms with Gasteiger partial charge < -0.3 is 10.5 Å². The van der Waals surface area contributed by atoms with Crippen LogP contribution < -0.4 is 5.73 Å². The lowest BCUT2D eigenvalue weighted by Crippen LogP contribution is -2.13. The van der Waals surface area contributed by atoms with Crippen LogP contribution in [0.2, 0.25) is 0 Å². The molecule has 2 N–H and O–H groups in total. The SMILES string of the molecule is COCCn1ncc(Br)c1CCN. The van der Waals surface area contributed by atoms with Gasteiger partial charge in [-0.05, 0) is 22.5 Å². The molecule has 0 saturated heterocycles. The first kappa shape index (κ1) is 10.7. The van der Waals surface area contributed by atoms with Crippen molar-refractivity contribution in [2.24, 2.45) is 5.73 Å². The topological polar surface area (TPSA) is 53.1 Å². The zero-order chi connectivity index (χ0) is 9.68. The molecule has 0 aromatic carbocycles. The molecule has 0 amide bonds. The zero-order valence-electron chi connectivity index (χ0n) is 7.66. The van der Waals surface area contributed by atoms with Crippen LogP contribution in [0.5, 0.6) is 0 Å². The average molecular weight is 248 g/mol. The highest BCUT2D eigenvalue weighted by Crippen LogP contribution is 2.15. The first-order valence-electron chi connectivity index (χ1n) is 4.18. The number of methoxy groups -OCH3 is 1. The molecule has 0 unspecified atom stereocenters. The minimum atomic E-state index is 0.636. The lowest BCUT2D eigenvalue weighted by molar-refractivity contribution is 0.182. The van der Waals surface area contributed by atoms with Gasteiger partial charge in [0, 0.05) is 13.5 Å². The number of nitrogens with two attached hydrogens (primary N) is 1. The van der Waals surface area contributed by atoms with Crippen molar-refractivity contribution in [1.82, 2.24) is 9.78 Å². The summed E-state index contributed by atoms with van der Waals surface area (Å²) in [6.45, 7) is 2.08. The molecule has 0 aliphatic carbocycles. The Labute approximate surface area is 86.2 Å². The van der Waals surface area contributed by atoms with E-state index in [0.29, 0.717) is 13.2 Å². The van der Waals surface area contributed by atoms with E-state index in [1.807, 2.05) is 4.68 Å². The van der Waals surface area contributed by atoms with Crippen LogP contribution in [0.1, 0.15) is 5.69 Å². The zero-order valence-corrected chi connectivity index (χ0v) is 9.25. The number of hydrogen-bond acceptors (Lipinski definition) is 3. The number of nitrogens with zero attached hydrogens (tertiary/aromatic N) is 2. The summed E-state index contributed by atoms with van der Waals surface area (Å²) in [4.78, 5) is 0. The Morgan fingerprint density at radius 1 is 1.69 bits per heavy atom. The molecule has 74 valence electrons. The monoisotopic (exact) mass is 247 g/mol. The van der Waals surface area contributed by atoms with Crippen LogP contribution in [-0.4, -0.2) is 30.0 Å². The maximum atomic E-state index is 5.49. The lowest BCUT2D eigenvalue weighted by Gasteiger charge is -2.05. The largest absolute Gasteiger partial charge is 0.383 e. The van der Waals surface area contributed by atoms with Crippen molar-refractivity contribution in [3.8, 4) is 0 Å². The summed E-state index contributed by atoms with van der Waals surface area (Å²) in [5, 5.41) is 4.21. The fourth-order valence-electron chi connectivity index (χ4n) is 1.14. The second-order valence-corrected chi connectivity index (χ2v) is 3.55. The van der Waals surface area contributed by atoms with Crippen LogP contribution in [0, 0.1) is 0 Å². The van der Waals surface area contributed by atoms with Gasteiger partial charge >= 0.3 is 0 Å². The standard InChI is InChI=1S/C8H14BrN3O/c1-13-5-4-12-8(2-3-10)7(9)6-11-12/h6H,2-5,10H2,1H3. The van der Waals surface area contributed by atoms with Gasteiger partial charge in [0.2, 0.25) is 0 Å². The van der Waals surface area contributed by atoms with Crippen LogP contribution in [-0.2, 0) is 17.7 Å². The lowest BCUT2D eigenvalue weighted by atomic mass is 10.3. The average Bonchev–Trinajstić information content (AvgIpc) is 2.46. The molecule has 4 nitrogen and oxygen atoms in total. The van der Waals surface area contributed by atoms with Crippen LogP contribution >= 0.6 is 15.9 Å². The van der Waals surface area contributed by atoms with Gasteiger partial charge in [-0.25, -0.2) is 0 Å². The van der Waals surface area contributed by atoms with Gasteiger partial charge in [0.15, 0.2) is 0 Å². The molecular weight excluding hydrogens is 234 g/mol. The second kappa shape index (κ2) is 5.36. The van der Waals surface area contributed by atoms with Gasteiger partial charge in [-0.2, -0.15) is 5.10 Å². The molecule has 0 radical (unpaired) electrons. The number of rotatable bonds is 5. The van der Waals surface area contributed by atoms with Crippen molar-refractivity contribution in [2.45, 2.75) is 13.0 Å². The summed E-state index contributed by atoms with van der Waals surface area (Å²) in [6, 6.07) is 0. The van der Waals surface area contributed by atoms with Gasteiger partial charge in [-0.1, -0.05) is 0 Å². The molecule has 0 saturated carbocycles. The van der Waals surface area contributed by atoms with E-state index in [-0.39, 0.29) is 0 Å². The quantitative estimate of drug-likeness (QED) is 0.838. The number of halogens is 1. The maximum absolute atomic E-state index is 5.49. The predicted molar refractivity (Wildman–Crippen MR) is 54.6 cm³/mol. The van der Waals surface area contributed by atoms with Gasteiger partial charge in [0.25, 0.3) is 0 Å². The third-order valence-electron chi connectivity index (χ3n) is 1.79. The van der Waals surface area contributed by atoms with Gasteiger partial charge in [0.1, 0.15) is 0 Å². The Kier molecular flexibility index (Phi) is 4.41. The molecule has 1 heterocycles. The highest BCUT2D eigenvalue weighted by molar-refractivity contribution is 9.10. The van der Waals surface area contributed by atoms with Crippen molar-refractivity contribution >= 4 is 15.9 Å². The van der Waals surface area contributed by atoms with E-state index in [2.05, 4.69) is 21.0 Å². The summed E-state index contributed by atoms with van der Waals surface area (Å²) in [5.74, 6) is 0. The molecule has 5 heteroatoms. The Balaban J connectivity index is 2.68. The molecule has 0 aliphatic heterocycles. The molecule has 0 bridgehead atoms. The fourth-order valence-corrected chi connectivity index (χ4v) is 1.64. The van der Waals surface area contributed by atoms with Gasteiger partial charge in [-0.3, -0.25) is 4.68 Å². The highest BCUT2D eigenvalue weighted by Gasteiger charge is 2.06. The number of ether oxygens (including phenoxy) is 1. The first-order valence-corrected chi connectivity index (χ1v) is 4.98. The van der Waals surface area contributed by atoms with Crippen LogP contribution in [0.4, 0.5) is 0 Å². The van der Waals surface area contributed by atoms with E-state index in [1.54, 1.807) is 13.3 Å². The van der Waals surface area contributed by atoms with Crippen LogP contribution in [0.25, 0.3) is 0 Å². The van der Waals surface area contributed by atoms with Gasteiger partial charge in [-0.15, -0.1) is 0 Å². The van der Waals surface area contributed by atoms with Crippen molar-refractivity contribution in [1.29, 1.82) is 0 Å². The predicted octanol–water partition coefficient (Wildman–Crippen LogP) is 0.793. The fraction of sp³-hybridized carbons (Fsp3) is 0.625. The molecule has 1 rings (SSSR count). The molecule has 0 spiro atoms. The second-order valence-electron chi connectivity index (χ2n) is 2.69. The van der Waals surface area contributed by atoms with E-state index in [4.69, 9.17) is 10.5 Å². The van der Waals surface area contributed by atoms with E-state index in [9.17, 15) is 0 Å². The normalized spacial score (nSPS) is 10.7. The number of aromatic nitrogens is 2. The van der Waals surface area contributed by atoms with E-state index in [1.165, 1.54) is 0 Å². The highest BCUT2D eigenvalue weighted by atomic mass is 79.9. The maximum Gasteiger partial charge on any atom is 0.0658 e. The molecule has 0 aliphatic rings. The first-order chi connectivity index (χ1) is 6.29. The summed E-state index contributed by atoms with van der Waals surface area (Å²) in [5.41, 5.74) is 6.63. The van der Waals surface area contributed by atoms with Crippen LogP contribution in [0.3, 0.4) is 0 Å². The Morgan fingerprint density at radius 2 is 2.46 bits per heavy atom. The third kappa shape index (κ3) is 2.79. The van der Waals surface area contributed by atoms with Crippen molar-refractivity contribution in [2.75, 3.05) is 20.3 Å². The Bertz CT molecular complexity index is 262. The summed E-state index contributed by atoms with van der Waals surface area (Å²) in [6.07, 6.45) is 2.63. The van der Waals surface area contributed by atoms with Crippen LogP contribution in [0.15, 0.2) is 10.7 Å². The van der Waals surface area contributed by atoms with Crippen molar-refractivity contribution in [3.05, 3.63) is 16.4 Å². The molecule has 0 atom stereocenters. The molecule has 1 aromatic rings.